The van der Waals surface area contributed by atoms with Crippen LogP contribution in [0.2, 0.25) is 0 Å². The van der Waals surface area contributed by atoms with Crippen LogP contribution < -0.4 is 0 Å². The van der Waals surface area contributed by atoms with Crippen LogP contribution in [-0.4, -0.2) is 15.9 Å². The van der Waals surface area contributed by atoms with E-state index in [0.717, 1.165) is 31.1 Å². The van der Waals surface area contributed by atoms with Gasteiger partial charge in [-0.15, -0.1) is 0 Å². The number of fused-ring (bicyclic) bond motifs is 1. The molecule has 2 heterocycles. The third-order valence-corrected chi connectivity index (χ3v) is 5.54. The van der Waals surface area contributed by atoms with Crippen LogP contribution in [0.1, 0.15) is 31.2 Å². The Hall–Kier alpha value is -0.240. The molecule has 0 amide bonds. The topological polar surface area (TPSA) is 28.7 Å². The van der Waals surface area contributed by atoms with Crippen molar-refractivity contribution < 1.29 is 8.78 Å². The summed E-state index contributed by atoms with van der Waals surface area (Å²) in [5, 5.41) is 0. The molecule has 0 unspecified atom stereocenters. The molecule has 0 aromatic carbocycles. The van der Waals surface area contributed by atoms with Crippen molar-refractivity contribution in [1.82, 2.24) is 9.97 Å². The lowest BCUT2D eigenvalue weighted by Gasteiger charge is -2.28. The van der Waals surface area contributed by atoms with Crippen LogP contribution in [-0.2, 0) is 6.42 Å². The van der Waals surface area contributed by atoms with E-state index in [1.54, 1.807) is 0 Å². The van der Waals surface area contributed by atoms with E-state index < -0.39 is 5.92 Å². The SMILES string of the molecule is FC1(F)CCC(Cc2c(Br)cnc3c(I)c[nH]c23)CC1. The normalized spacial score (nSPS) is 19.6. The van der Waals surface area contributed by atoms with E-state index in [9.17, 15) is 8.78 Å². The second-order valence-electron chi connectivity index (χ2n) is 5.45. The van der Waals surface area contributed by atoms with Crippen molar-refractivity contribution in [2.45, 2.75) is 38.0 Å². The maximum atomic E-state index is 13.2. The number of H-pyrrole nitrogens is 1. The smallest absolute Gasteiger partial charge is 0.248 e. The number of hydrogen-bond donors (Lipinski definition) is 1. The highest BCUT2D eigenvalue weighted by Gasteiger charge is 2.35. The molecule has 0 spiro atoms. The van der Waals surface area contributed by atoms with Crippen LogP contribution in [0, 0.1) is 9.49 Å². The quantitative estimate of drug-likeness (QED) is 0.613. The van der Waals surface area contributed by atoms with Gasteiger partial charge in [0.15, 0.2) is 0 Å². The number of nitrogens with one attached hydrogen (secondary N) is 1. The summed E-state index contributed by atoms with van der Waals surface area (Å²) in [5.74, 6) is -2.12. The second kappa shape index (κ2) is 5.51. The predicted molar refractivity (Wildman–Crippen MR) is 87.1 cm³/mol. The molecule has 20 heavy (non-hydrogen) atoms. The number of rotatable bonds is 2. The van der Waals surface area contributed by atoms with Crippen molar-refractivity contribution in [2.75, 3.05) is 0 Å². The molecule has 1 aliphatic rings. The van der Waals surface area contributed by atoms with Crippen molar-refractivity contribution in [3.63, 3.8) is 0 Å². The fourth-order valence-corrected chi connectivity index (χ4v) is 3.89. The summed E-state index contributed by atoms with van der Waals surface area (Å²) < 4.78 is 28.5. The van der Waals surface area contributed by atoms with Gasteiger partial charge in [0.1, 0.15) is 5.52 Å². The molecule has 2 aromatic heterocycles. The molecule has 2 aromatic rings. The number of nitrogens with zero attached hydrogens (tertiary/aromatic N) is 1. The fraction of sp³-hybridized carbons (Fsp3) is 0.500. The summed E-state index contributed by atoms with van der Waals surface area (Å²) in [6.45, 7) is 0. The lowest BCUT2D eigenvalue weighted by molar-refractivity contribution is -0.0456. The van der Waals surface area contributed by atoms with Gasteiger partial charge in [-0.2, -0.15) is 0 Å². The van der Waals surface area contributed by atoms with Crippen molar-refractivity contribution >= 4 is 49.6 Å². The molecule has 1 N–H and O–H groups in total. The van der Waals surface area contributed by atoms with Gasteiger partial charge in [0.05, 0.1) is 9.09 Å². The highest BCUT2D eigenvalue weighted by Crippen LogP contribution is 2.39. The molecule has 6 heteroatoms. The molecule has 108 valence electrons. The van der Waals surface area contributed by atoms with Crippen LogP contribution in [0.3, 0.4) is 0 Å². The second-order valence-corrected chi connectivity index (χ2v) is 7.46. The molecular weight excluding hydrogens is 441 g/mol. The molecule has 1 fully saturated rings. The molecule has 0 aliphatic heterocycles. The molecule has 0 atom stereocenters. The molecule has 0 bridgehead atoms. The maximum absolute atomic E-state index is 13.2. The summed E-state index contributed by atoms with van der Waals surface area (Å²) in [4.78, 5) is 7.67. The van der Waals surface area contributed by atoms with Gasteiger partial charge < -0.3 is 4.98 Å². The summed E-state index contributed by atoms with van der Waals surface area (Å²) in [7, 11) is 0. The highest BCUT2D eigenvalue weighted by atomic mass is 127. The van der Waals surface area contributed by atoms with E-state index in [-0.39, 0.29) is 12.8 Å². The van der Waals surface area contributed by atoms with Gasteiger partial charge in [-0.05, 0) is 69.3 Å². The Morgan fingerprint density at radius 2 is 2.10 bits per heavy atom. The van der Waals surface area contributed by atoms with E-state index in [1.165, 1.54) is 0 Å². The van der Waals surface area contributed by atoms with Crippen molar-refractivity contribution in [3.05, 3.63) is 26.0 Å². The van der Waals surface area contributed by atoms with E-state index in [4.69, 9.17) is 0 Å². The Morgan fingerprint density at radius 1 is 1.40 bits per heavy atom. The average Bonchev–Trinajstić information content (AvgIpc) is 2.77. The molecule has 0 saturated heterocycles. The van der Waals surface area contributed by atoms with Gasteiger partial charge in [0, 0.05) is 29.7 Å². The fourth-order valence-electron chi connectivity index (χ4n) is 2.86. The zero-order valence-corrected chi connectivity index (χ0v) is 14.5. The first-order chi connectivity index (χ1) is 9.46. The van der Waals surface area contributed by atoms with Gasteiger partial charge >= 0.3 is 0 Å². The minimum atomic E-state index is -2.46. The third-order valence-electron chi connectivity index (χ3n) is 4.03. The van der Waals surface area contributed by atoms with E-state index in [2.05, 4.69) is 48.5 Å². The monoisotopic (exact) mass is 454 g/mol. The predicted octanol–water partition coefficient (Wildman–Crippen LogP) is 5.30. The number of pyridine rings is 1. The zero-order chi connectivity index (χ0) is 14.3. The van der Waals surface area contributed by atoms with Crippen LogP contribution >= 0.6 is 38.5 Å². The standard InChI is InChI=1S/C14H14BrF2IN2/c15-10-6-19-13-11(18)7-20-12(13)9(10)5-8-1-3-14(16,17)4-2-8/h6-8,20H,1-5H2. The Balaban J connectivity index is 1.86. The van der Waals surface area contributed by atoms with Crippen molar-refractivity contribution in [2.24, 2.45) is 5.92 Å². The highest BCUT2D eigenvalue weighted by molar-refractivity contribution is 14.1. The van der Waals surface area contributed by atoms with Crippen molar-refractivity contribution in [1.29, 1.82) is 0 Å². The average molecular weight is 455 g/mol. The first-order valence-corrected chi connectivity index (χ1v) is 8.51. The number of aromatic amines is 1. The summed E-state index contributed by atoms with van der Waals surface area (Å²) >= 11 is 5.79. The molecular formula is C14H14BrF2IN2. The Kier molecular flexibility index (Phi) is 4.05. The Bertz CT molecular complexity index is 631. The minimum absolute atomic E-state index is 0.0196. The van der Waals surface area contributed by atoms with Gasteiger partial charge in [-0.25, -0.2) is 8.78 Å². The summed E-state index contributed by atoms with van der Waals surface area (Å²) in [6.07, 6.45) is 5.81. The molecule has 3 rings (SSSR count). The lowest BCUT2D eigenvalue weighted by atomic mass is 9.83. The van der Waals surface area contributed by atoms with E-state index in [1.807, 2.05) is 12.4 Å². The Labute approximate surface area is 138 Å². The summed E-state index contributed by atoms with van der Waals surface area (Å²) in [6, 6.07) is 0. The molecule has 2 nitrogen and oxygen atoms in total. The Morgan fingerprint density at radius 3 is 2.80 bits per heavy atom. The minimum Gasteiger partial charge on any atom is -0.359 e. The van der Waals surface area contributed by atoms with Crippen LogP contribution in [0.5, 0.6) is 0 Å². The molecule has 1 aliphatic carbocycles. The first kappa shape index (κ1) is 14.7. The maximum Gasteiger partial charge on any atom is 0.248 e. The number of hydrogen-bond acceptors (Lipinski definition) is 1. The van der Waals surface area contributed by atoms with Crippen molar-refractivity contribution in [3.8, 4) is 0 Å². The van der Waals surface area contributed by atoms with Gasteiger partial charge in [0.25, 0.3) is 0 Å². The van der Waals surface area contributed by atoms with Gasteiger partial charge in [-0.3, -0.25) is 4.98 Å². The summed E-state index contributed by atoms with van der Waals surface area (Å²) in [5.41, 5.74) is 3.15. The van der Waals surface area contributed by atoms with Crippen LogP contribution in [0.15, 0.2) is 16.9 Å². The first-order valence-electron chi connectivity index (χ1n) is 6.64. The van der Waals surface area contributed by atoms with Crippen LogP contribution in [0.4, 0.5) is 8.78 Å². The van der Waals surface area contributed by atoms with Crippen LogP contribution in [0.25, 0.3) is 11.0 Å². The molecule has 1 saturated carbocycles. The van der Waals surface area contributed by atoms with Gasteiger partial charge in [0.2, 0.25) is 5.92 Å². The lowest BCUT2D eigenvalue weighted by Crippen LogP contribution is -2.25. The number of halogens is 4. The van der Waals surface area contributed by atoms with Gasteiger partial charge in [-0.1, -0.05) is 0 Å². The largest absolute Gasteiger partial charge is 0.359 e. The van der Waals surface area contributed by atoms with E-state index in [0.29, 0.717) is 18.8 Å². The number of alkyl halides is 2. The molecule has 0 radical (unpaired) electrons. The number of aromatic nitrogens is 2. The van der Waals surface area contributed by atoms with E-state index >= 15 is 0 Å². The third kappa shape index (κ3) is 2.86. The zero-order valence-electron chi connectivity index (χ0n) is 10.7.